The molecule has 2 rings (SSSR count). The van der Waals surface area contributed by atoms with Crippen LogP contribution in [0.3, 0.4) is 0 Å². The van der Waals surface area contributed by atoms with E-state index in [1.54, 1.807) is 12.1 Å². The lowest BCUT2D eigenvalue weighted by Gasteiger charge is -2.18. The number of aliphatic imine (C=N–C) groups is 1. The number of rotatable bonds is 4. The molecule has 1 aliphatic heterocycles. The van der Waals surface area contributed by atoms with E-state index in [0.717, 1.165) is 15.4 Å². The van der Waals surface area contributed by atoms with E-state index in [1.165, 1.54) is 6.20 Å². The van der Waals surface area contributed by atoms with Crippen LogP contribution in [-0.2, 0) is 6.42 Å². The van der Waals surface area contributed by atoms with Crippen molar-refractivity contribution in [1.29, 1.82) is 0 Å². The first-order valence-corrected chi connectivity index (χ1v) is 8.08. The Kier molecular flexibility index (Phi) is 4.30. The Bertz CT molecular complexity index is 543. The third-order valence-corrected chi connectivity index (χ3v) is 4.33. The highest BCUT2D eigenvalue weighted by Gasteiger charge is 2.30. The van der Waals surface area contributed by atoms with Gasteiger partial charge in [0.15, 0.2) is 0 Å². The van der Waals surface area contributed by atoms with Gasteiger partial charge in [-0.05, 0) is 32.0 Å². The van der Waals surface area contributed by atoms with Crippen LogP contribution < -0.4 is 4.74 Å². The largest absolute Gasteiger partial charge is 0.491 e. The zero-order valence-electron chi connectivity index (χ0n) is 10.6. The van der Waals surface area contributed by atoms with Crippen molar-refractivity contribution in [3.8, 4) is 5.75 Å². The first kappa shape index (κ1) is 14.5. The normalized spacial score (nSPS) is 18.5. The molecule has 1 aliphatic rings. The third-order valence-electron chi connectivity index (χ3n) is 2.49. The van der Waals surface area contributed by atoms with Gasteiger partial charge in [-0.3, -0.25) is 0 Å². The highest BCUT2D eigenvalue weighted by atomic mass is 79.9. The van der Waals surface area contributed by atoms with E-state index in [4.69, 9.17) is 4.74 Å². The van der Waals surface area contributed by atoms with Crippen LogP contribution in [0.5, 0.6) is 5.75 Å². The van der Waals surface area contributed by atoms with E-state index in [0.29, 0.717) is 5.75 Å². The van der Waals surface area contributed by atoms with Crippen LogP contribution in [0, 0.1) is 0 Å². The summed E-state index contributed by atoms with van der Waals surface area (Å²) in [6.45, 7) is 3.81. The summed E-state index contributed by atoms with van der Waals surface area (Å²) in [4.78, 5) is 3.79. The maximum Gasteiger partial charge on any atom is 0.123 e. The van der Waals surface area contributed by atoms with Crippen molar-refractivity contribution in [1.82, 2.24) is 0 Å². The van der Waals surface area contributed by atoms with Gasteiger partial charge in [-0.25, -0.2) is 4.99 Å². The molecule has 0 bridgehead atoms. The minimum atomic E-state index is -3.84. The summed E-state index contributed by atoms with van der Waals surface area (Å²) in [6, 6.07) is 5.42. The number of halogens is 3. The van der Waals surface area contributed by atoms with Crippen LogP contribution in [0.25, 0.3) is 0 Å². The zero-order valence-corrected chi connectivity index (χ0v) is 13.0. The van der Waals surface area contributed by atoms with E-state index in [1.807, 2.05) is 19.9 Å². The quantitative estimate of drug-likeness (QED) is 0.728. The second kappa shape index (κ2) is 5.63. The standard InChI is InChI=1S/C13H14BrF2NOS/c1-9(2)18-12-4-3-11(14)7-10(12)8-13-17-5-6-19(13,15)16/h3-7,9H,8H2,1-2H3. The van der Waals surface area contributed by atoms with Gasteiger partial charge in [0.2, 0.25) is 0 Å². The van der Waals surface area contributed by atoms with Crippen molar-refractivity contribution in [3.05, 3.63) is 39.8 Å². The van der Waals surface area contributed by atoms with Crippen molar-refractivity contribution < 1.29 is 12.5 Å². The van der Waals surface area contributed by atoms with Crippen molar-refractivity contribution in [2.24, 2.45) is 4.99 Å². The summed E-state index contributed by atoms with van der Waals surface area (Å²) in [5.74, 6) is 0.628. The van der Waals surface area contributed by atoms with E-state index >= 15 is 0 Å². The van der Waals surface area contributed by atoms with Crippen molar-refractivity contribution in [2.45, 2.75) is 26.4 Å². The minimum Gasteiger partial charge on any atom is -0.491 e. The fraction of sp³-hybridized carbons (Fsp3) is 0.308. The predicted molar refractivity (Wildman–Crippen MR) is 80.0 cm³/mol. The molecule has 0 aromatic heterocycles. The summed E-state index contributed by atoms with van der Waals surface area (Å²) in [6.07, 6.45) is 1.29. The molecule has 0 saturated heterocycles. The topological polar surface area (TPSA) is 21.6 Å². The Hall–Kier alpha value is -0.880. The van der Waals surface area contributed by atoms with Gasteiger partial charge in [-0.1, -0.05) is 15.9 Å². The highest BCUT2D eigenvalue weighted by Crippen LogP contribution is 2.57. The monoisotopic (exact) mass is 349 g/mol. The smallest absolute Gasteiger partial charge is 0.123 e. The van der Waals surface area contributed by atoms with Gasteiger partial charge in [0.1, 0.15) is 21.6 Å². The Morgan fingerprint density at radius 2 is 2.11 bits per heavy atom. The molecule has 0 atom stereocenters. The van der Waals surface area contributed by atoms with Gasteiger partial charge in [0.25, 0.3) is 0 Å². The summed E-state index contributed by atoms with van der Waals surface area (Å²) >= 11 is 3.35. The molecule has 19 heavy (non-hydrogen) atoms. The molecule has 0 fully saturated rings. The Labute approximate surface area is 121 Å². The van der Waals surface area contributed by atoms with E-state index < -0.39 is 10.8 Å². The Morgan fingerprint density at radius 3 is 2.68 bits per heavy atom. The molecular weight excluding hydrogens is 336 g/mol. The molecule has 0 amide bonds. The lowest BCUT2D eigenvalue weighted by molar-refractivity contribution is 0.240. The van der Waals surface area contributed by atoms with Crippen LogP contribution in [-0.4, -0.2) is 11.1 Å². The van der Waals surface area contributed by atoms with Crippen LogP contribution >= 0.6 is 26.7 Å². The third kappa shape index (κ3) is 3.57. The lowest BCUT2D eigenvalue weighted by atomic mass is 10.1. The molecule has 104 valence electrons. The van der Waals surface area contributed by atoms with Gasteiger partial charge in [0.05, 0.1) is 6.10 Å². The first-order valence-electron chi connectivity index (χ1n) is 5.79. The molecule has 1 heterocycles. The van der Waals surface area contributed by atoms with E-state index in [9.17, 15) is 7.77 Å². The molecule has 1 aromatic rings. The molecular formula is C13H14BrF2NOS. The van der Waals surface area contributed by atoms with E-state index in [-0.39, 0.29) is 17.6 Å². The van der Waals surface area contributed by atoms with Gasteiger partial charge in [-0.15, -0.1) is 7.77 Å². The molecule has 6 heteroatoms. The van der Waals surface area contributed by atoms with Crippen molar-refractivity contribution >= 4 is 31.8 Å². The van der Waals surface area contributed by atoms with Crippen LogP contribution in [0.4, 0.5) is 7.77 Å². The predicted octanol–water partition coefficient (Wildman–Crippen LogP) is 5.24. The maximum absolute atomic E-state index is 13.6. The second-order valence-electron chi connectivity index (χ2n) is 4.41. The van der Waals surface area contributed by atoms with Crippen molar-refractivity contribution in [2.75, 3.05) is 0 Å². The highest BCUT2D eigenvalue weighted by molar-refractivity contribution is 9.10. The van der Waals surface area contributed by atoms with Crippen molar-refractivity contribution in [3.63, 3.8) is 0 Å². The number of hydrogen-bond donors (Lipinski definition) is 0. The zero-order chi connectivity index (χ0) is 14.0. The number of ether oxygens (including phenoxy) is 1. The fourth-order valence-electron chi connectivity index (χ4n) is 1.70. The second-order valence-corrected chi connectivity index (χ2v) is 7.09. The van der Waals surface area contributed by atoms with Crippen LogP contribution in [0.15, 0.2) is 39.3 Å². The molecule has 0 unspecified atom stereocenters. The van der Waals surface area contributed by atoms with E-state index in [2.05, 4.69) is 20.9 Å². The first-order chi connectivity index (χ1) is 8.88. The summed E-state index contributed by atoms with van der Waals surface area (Å²) < 4.78 is 33.7. The van der Waals surface area contributed by atoms with Gasteiger partial charge >= 0.3 is 0 Å². The summed E-state index contributed by atoms with van der Waals surface area (Å²) in [5.41, 5.74) is 0.720. The molecule has 0 aliphatic carbocycles. The molecule has 0 saturated carbocycles. The van der Waals surface area contributed by atoms with Gasteiger partial charge < -0.3 is 4.74 Å². The SMILES string of the molecule is CC(C)Oc1ccc(Br)cc1CC1=NC=CS1(F)F. The number of nitrogens with zero attached hydrogens (tertiary/aromatic N) is 1. The molecule has 1 aromatic carbocycles. The average Bonchev–Trinajstić information content (AvgIpc) is 2.62. The summed E-state index contributed by atoms with van der Waals surface area (Å²) in [7, 11) is -3.84. The lowest BCUT2D eigenvalue weighted by Crippen LogP contribution is -2.10. The molecule has 2 nitrogen and oxygen atoms in total. The van der Waals surface area contributed by atoms with Gasteiger partial charge in [-0.2, -0.15) is 0 Å². The average molecular weight is 350 g/mol. The molecule has 0 radical (unpaired) electrons. The van der Waals surface area contributed by atoms with Crippen LogP contribution in [0.1, 0.15) is 19.4 Å². The number of benzene rings is 1. The van der Waals surface area contributed by atoms with Gasteiger partial charge in [0, 0.05) is 28.1 Å². The molecule has 0 spiro atoms. The summed E-state index contributed by atoms with van der Waals surface area (Å²) in [5, 5.41) is 0.822. The molecule has 0 N–H and O–H groups in total. The Balaban J connectivity index is 2.26. The fourth-order valence-corrected chi connectivity index (χ4v) is 3.03. The maximum atomic E-state index is 13.6. The minimum absolute atomic E-state index is 0.00331. The number of hydrogen-bond acceptors (Lipinski definition) is 2. The Morgan fingerprint density at radius 1 is 1.37 bits per heavy atom. The van der Waals surface area contributed by atoms with Crippen LogP contribution in [0.2, 0.25) is 0 Å².